The first-order valence-corrected chi connectivity index (χ1v) is 8.23. The fourth-order valence-electron chi connectivity index (χ4n) is 2.82. The van der Waals surface area contributed by atoms with Crippen molar-refractivity contribution in [3.05, 3.63) is 27.1 Å². The summed E-state index contributed by atoms with van der Waals surface area (Å²) in [5.74, 6) is 0. The highest BCUT2D eigenvalue weighted by Gasteiger charge is 2.17. The summed E-state index contributed by atoms with van der Waals surface area (Å²) < 4.78 is 1.71. The Balaban J connectivity index is 1.77. The van der Waals surface area contributed by atoms with Crippen LogP contribution in [0.3, 0.4) is 0 Å². The number of hydrogen-bond acceptors (Lipinski definition) is 5. The lowest BCUT2D eigenvalue weighted by atomic mass is 10.1. The average Bonchev–Trinajstić information content (AvgIpc) is 2.76. The lowest BCUT2D eigenvalue weighted by Gasteiger charge is -2.29. The first-order valence-electron chi connectivity index (χ1n) is 7.42. The largest absolute Gasteiger partial charge is 0.393 e. The van der Waals surface area contributed by atoms with Gasteiger partial charge >= 0.3 is 0 Å². The van der Waals surface area contributed by atoms with Crippen molar-refractivity contribution in [2.45, 2.75) is 39.3 Å². The van der Waals surface area contributed by atoms with Gasteiger partial charge in [0.15, 0.2) is 0 Å². The number of fused-ring (bicyclic) bond motifs is 1. The fourth-order valence-corrected chi connectivity index (χ4v) is 3.81. The molecular weight excluding hydrogens is 286 g/mol. The molecule has 114 valence electrons. The van der Waals surface area contributed by atoms with Gasteiger partial charge in [-0.05, 0) is 32.3 Å². The Morgan fingerprint density at radius 3 is 2.76 bits per heavy atom. The van der Waals surface area contributed by atoms with Crippen LogP contribution in [0.2, 0.25) is 0 Å². The van der Waals surface area contributed by atoms with E-state index in [1.807, 2.05) is 13.8 Å². The van der Waals surface area contributed by atoms with Crippen molar-refractivity contribution >= 4 is 21.6 Å². The highest BCUT2D eigenvalue weighted by molar-refractivity contribution is 7.18. The topological polar surface area (TPSA) is 58.4 Å². The summed E-state index contributed by atoms with van der Waals surface area (Å²) in [6.45, 7) is 7.33. The molecule has 2 aromatic heterocycles. The minimum atomic E-state index is -0.154. The number of aliphatic hydroxyl groups excluding tert-OH is 1. The Kier molecular flexibility index (Phi) is 4.10. The molecule has 0 amide bonds. The van der Waals surface area contributed by atoms with Gasteiger partial charge in [-0.2, -0.15) is 0 Å². The molecule has 3 heterocycles. The quantitative estimate of drug-likeness (QED) is 0.934. The molecule has 6 heteroatoms. The number of aryl methyl sites for hydroxylation is 2. The molecule has 1 saturated heterocycles. The van der Waals surface area contributed by atoms with Crippen LogP contribution in [0.1, 0.15) is 23.3 Å². The molecule has 1 fully saturated rings. The number of thiophene rings is 1. The van der Waals surface area contributed by atoms with Crippen LogP contribution in [0.4, 0.5) is 0 Å². The molecule has 0 atom stereocenters. The van der Waals surface area contributed by atoms with E-state index in [0.29, 0.717) is 6.54 Å². The fraction of sp³-hybridized carbons (Fsp3) is 0.600. The minimum absolute atomic E-state index is 0.0684. The van der Waals surface area contributed by atoms with E-state index in [4.69, 9.17) is 0 Å². The Labute approximate surface area is 127 Å². The zero-order valence-electron chi connectivity index (χ0n) is 12.5. The number of aromatic nitrogens is 2. The molecule has 3 rings (SSSR count). The van der Waals surface area contributed by atoms with Crippen LogP contribution in [0, 0.1) is 13.8 Å². The maximum Gasteiger partial charge on any atom is 0.262 e. The molecular formula is C15H21N3O2S. The van der Waals surface area contributed by atoms with E-state index in [9.17, 15) is 9.90 Å². The first kappa shape index (κ1) is 14.7. The van der Waals surface area contributed by atoms with Gasteiger partial charge in [-0.3, -0.25) is 9.36 Å². The number of aliphatic hydroxyl groups is 1. The van der Waals surface area contributed by atoms with Crippen molar-refractivity contribution in [2.24, 2.45) is 0 Å². The van der Waals surface area contributed by atoms with E-state index in [1.165, 1.54) is 0 Å². The molecule has 0 radical (unpaired) electrons. The second-order valence-electron chi connectivity index (χ2n) is 5.78. The van der Waals surface area contributed by atoms with Crippen LogP contribution in [-0.4, -0.2) is 45.3 Å². The van der Waals surface area contributed by atoms with Crippen LogP contribution in [-0.2, 0) is 6.54 Å². The summed E-state index contributed by atoms with van der Waals surface area (Å²) >= 11 is 1.59. The van der Waals surface area contributed by atoms with E-state index in [2.05, 4.69) is 9.88 Å². The SMILES string of the molecule is Cc1sc2ncn(CCN3CCC(O)CC3)c(=O)c2c1C. The van der Waals surface area contributed by atoms with E-state index >= 15 is 0 Å². The lowest BCUT2D eigenvalue weighted by Crippen LogP contribution is -2.38. The zero-order chi connectivity index (χ0) is 15.0. The molecule has 21 heavy (non-hydrogen) atoms. The number of likely N-dealkylation sites (tertiary alicyclic amines) is 1. The molecule has 0 aromatic carbocycles. The van der Waals surface area contributed by atoms with Gasteiger partial charge in [0, 0.05) is 31.1 Å². The maximum absolute atomic E-state index is 12.6. The third-order valence-electron chi connectivity index (χ3n) is 4.37. The zero-order valence-corrected chi connectivity index (χ0v) is 13.3. The van der Waals surface area contributed by atoms with Crippen molar-refractivity contribution in [3.63, 3.8) is 0 Å². The summed E-state index contributed by atoms with van der Waals surface area (Å²) in [6, 6.07) is 0. The Hall–Kier alpha value is -1.24. The molecule has 0 aliphatic carbocycles. The molecule has 1 aliphatic rings. The first-order chi connectivity index (χ1) is 10.1. The van der Waals surface area contributed by atoms with Crippen molar-refractivity contribution in [1.29, 1.82) is 0 Å². The molecule has 0 bridgehead atoms. The second-order valence-corrected chi connectivity index (χ2v) is 6.98. The van der Waals surface area contributed by atoms with Gasteiger partial charge in [0.05, 0.1) is 17.8 Å². The van der Waals surface area contributed by atoms with Crippen molar-refractivity contribution in [3.8, 4) is 0 Å². The monoisotopic (exact) mass is 307 g/mol. The summed E-state index contributed by atoms with van der Waals surface area (Å²) in [5, 5.41) is 10.3. The predicted molar refractivity (Wildman–Crippen MR) is 85.0 cm³/mol. The Morgan fingerprint density at radius 2 is 2.05 bits per heavy atom. The summed E-state index contributed by atoms with van der Waals surface area (Å²) in [6.07, 6.45) is 3.17. The highest BCUT2D eigenvalue weighted by Crippen LogP contribution is 2.25. The minimum Gasteiger partial charge on any atom is -0.393 e. The van der Waals surface area contributed by atoms with Crippen LogP contribution >= 0.6 is 11.3 Å². The lowest BCUT2D eigenvalue weighted by molar-refractivity contribution is 0.0808. The second kappa shape index (κ2) is 5.87. The summed E-state index contributed by atoms with van der Waals surface area (Å²) in [7, 11) is 0. The smallest absolute Gasteiger partial charge is 0.262 e. The highest BCUT2D eigenvalue weighted by atomic mass is 32.1. The van der Waals surface area contributed by atoms with Crippen LogP contribution in [0.5, 0.6) is 0 Å². The number of nitrogens with zero attached hydrogens (tertiary/aromatic N) is 3. The number of piperidine rings is 1. The third-order valence-corrected chi connectivity index (χ3v) is 5.49. The molecule has 2 aromatic rings. The van der Waals surface area contributed by atoms with Crippen LogP contribution < -0.4 is 5.56 Å². The van der Waals surface area contributed by atoms with Gasteiger partial charge in [-0.15, -0.1) is 11.3 Å². The normalized spacial score (nSPS) is 17.7. The summed E-state index contributed by atoms with van der Waals surface area (Å²) in [4.78, 5) is 21.3. The van der Waals surface area contributed by atoms with E-state index in [-0.39, 0.29) is 11.7 Å². The van der Waals surface area contributed by atoms with E-state index < -0.39 is 0 Å². The molecule has 5 nitrogen and oxygen atoms in total. The standard InChI is InChI=1S/C15H21N3O2S/c1-10-11(2)21-14-13(10)15(20)18(9-16-14)8-7-17-5-3-12(19)4-6-17/h9,12,19H,3-8H2,1-2H3. The van der Waals surface area contributed by atoms with Crippen molar-refractivity contribution in [1.82, 2.24) is 14.5 Å². The average molecular weight is 307 g/mol. The van der Waals surface area contributed by atoms with E-state index in [1.54, 1.807) is 22.2 Å². The van der Waals surface area contributed by atoms with Gasteiger partial charge in [0.2, 0.25) is 0 Å². The predicted octanol–water partition coefficient (Wildman–Crippen LogP) is 1.53. The van der Waals surface area contributed by atoms with Crippen LogP contribution in [0.15, 0.2) is 11.1 Å². The molecule has 0 spiro atoms. The number of rotatable bonds is 3. The summed E-state index contributed by atoms with van der Waals surface area (Å²) in [5.41, 5.74) is 1.13. The van der Waals surface area contributed by atoms with Gasteiger partial charge < -0.3 is 10.0 Å². The van der Waals surface area contributed by atoms with Crippen LogP contribution in [0.25, 0.3) is 10.2 Å². The van der Waals surface area contributed by atoms with Gasteiger partial charge in [0.1, 0.15) is 4.83 Å². The molecule has 0 saturated carbocycles. The van der Waals surface area contributed by atoms with Gasteiger partial charge in [-0.25, -0.2) is 4.98 Å². The maximum atomic E-state index is 12.6. The molecule has 0 unspecified atom stereocenters. The van der Waals surface area contributed by atoms with Gasteiger partial charge in [0.25, 0.3) is 5.56 Å². The third kappa shape index (κ3) is 2.88. The Bertz CT molecular complexity index is 699. The Morgan fingerprint density at radius 1 is 1.33 bits per heavy atom. The van der Waals surface area contributed by atoms with Crippen molar-refractivity contribution in [2.75, 3.05) is 19.6 Å². The molecule has 1 N–H and O–H groups in total. The molecule has 1 aliphatic heterocycles. The van der Waals surface area contributed by atoms with Gasteiger partial charge in [-0.1, -0.05) is 0 Å². The number of hydrogen-bond donors (Lipinski definition) is 1. The van der Waals surface area contributed by atoms with Crippen molar-refractivity contribution < 1.29 is 5.11 Å². The van der Waals surface area contributed by atoms with E-state index in [0.717, 1.165) is 53.1 Å².